The van der Waals surface area contributed by atoms with Gasteiger partial charge in [-0.05, 0) is 24.1 Å². The maximum absolute atomic E-state index is 13.2. The molecule has 0 aliphatic heterocycles. The summed E-state index contributed by atoms with van der Waals surface area (Å²) in [5.74, 6) is -0.588. The van der Waals surface area contributed by atoms with E-state index < -0.39 is 14.9 Å². The number of halogens is 2. The van der Waals surface area contributed by atoms with Gasteiger partial charge in [0.15, 0.2) is 11.6 Å². The van der Waals surface area contributed by atoms with Crippen LogP contribution >= 0.6 is 10.7 Å². The maximum atomic E-state index is 13.2. The van der Waals surface area contributed by atoms with Crippen molar-refractivity contribution < 1.29 is 17.5 Å². The summed E-state index contributed by atoms with van der Waals surface area (Å²) >= 11 is 0. The second kappa shape index (κ2) is 4.81. The Kier molecular flexibility index (Phi) is 3.93. The number of benzene rings is 1. The second-order valence-corrected chi connectivity index (χ2v) is 5.86. The van der Waals surface area contributed by atoms with Crippen LogP contribution in [0.2, 0.25) is 0 Å². The van der Waals surface area contributed by atoms with E-state index >= 15 is 0 Å². The van der Waals surface area contributed by atoms with Gasteiger partial charge in [-0.1, -0.05) is 6.07 Å². The molecule has 0 atom stereocenters. The predicted molar refractivity (Wildman–Crippen MR) is 56.3 cm³/mol. The molecule has 0 aliphatic rings. The SMILES string of the molecule is COc1ccc(CCS(=O)(=O)Cl)cc1F. The molecule has 0 radical (unpaired) electrons. The first-order valence-corrected chi connectivity index (χ1v) is 6.65. The van der Waals surface area contributed by atoms with Gasteiger partial charge in [0.25, 0.3) is 0 Å². The molecule has 1 aromatic carbocycles. The molecule has 0 bridgehead atoms. The summed E-state index contributed by atoms with van der Waals surface area (Å²) in [6.45, 7) is 0. The lowest BCUT2D eigenvalue weighted by molar-refractivity contribution is 0.386. The average molecular weight is 253 g/mol. The van der Waals surface area contributed by atoms with Crippen LogP contribution in [0.25, 0.3) is 0 Å². The van der Waals surface area contributed by atoms with E-state index in [-0.39, 0.29) is 17.9 Å². The van der Waals surface area contributed by atoms with Gasteiger partial charge >= 0.3 is 0 Å². The molecule has 0 saturated carbocycles. The number of hydrogen-bond acceptors (Lipinski definition) is 3. The summed E-state index contributed by atoms with van der Waals surface area (Å²) in [5, 5.41) is 0. The van der Waals surface area contributed by atoms with Gasteiger partial charge in [-0.15, -0.1) is 0 Å². The fourth-order valence-corrected chi connectivity index (χ4v) is 1.82. The molecule has 1 aromatic rings. The Morgan fingerprint density at radius 2 is 2.13 bits per heavy atom. The Morgan fingerprint density at radius 1 is 1.47 bits per heavy atom. The van der Waals surface area contributed by atoms with Crippen molar-refractivity contribution in [2.24, 2.45) is 0 Å². The molecule has 0 saturated heterocycles. The monoisotopic (exact) mass is 252 g/mol. The quantitative estimate of drug-likeness (QED) is 0.770. The Morgan fingerprint density at radius 3 is 2.60 bits per heavy atom. The largest absolute Gasteiger partial charge is 0.494 e. The molecule has 0 fully saturated rings. The van der Waals surface area contributed by atoms with E-state index in [2.05, 4.69) is 0 Å². The highest BCUT2D eigenvalue weighted by molar-refractivity contribution is 8.13. The molecular formula is C9H10ClFO3S. The Hall–Kier alpha value is -0.810. The van der Waals surface area contributed by atoms with E-state index in [0.29, 0.717) is 5.56 Å². The zero-order valence-corrected chi connectivity index (χ0v) is 9.61. The number of aryl methyl sites for hydroxylation is 1. The van der Waals surface area contributed by atoms with Crippen LogP contribution in [-0.2, 0) is 15.5 Å². The van der Waals surface area contributed by atoms with Crippen LogP contribution in [0.5, 0.6) is 5.75 Å². The van der Waals surface area contributed by atoms with E-state index in [0.717, 1.165) is 0 Å². The lowest BCUT2D eigenvalue weighted by Crippen LogP contribution is -2.01. The summed E-state index contributed by atoms with van der Waals surface area (Å²) in [4.78, 5) is 0. The lowest BCUT2D eigenvalue weighted by atomic mass is 10.1. The van der Waals surface area contributed by atoms with E-state index in [1.807, 2.05) is 0 Å². The van der Waals surface area contributed by atoms with E-state index in [1.54, 1.807) is 6.07 Å². The number of hydrogen-bond donors (Lipinski definition) is 0. The number of ether oxygens (including phenoxy) is 1. The summed E-state index contributed by atoms with van der Waals surface area (Å²) < 4.78 is 39.2. The smallest absolute Gasteiger partial charge is 0.232 e. The molecule has 0 heterocycles. The normalized spacial score (nSPS) is 11.4. The summed E-state index contributed by atoms with van der Waals surface area (Å²) in [6, 6.07) is 4.29. The van der Waals surface area contributed by atoms with Crippen molar-refractivity contribution in [3.05, 3.63) is 29.6 Å². The Balaban J connectivity index is 2.76. The van der Waals surface area contributed by atoms with Crippen molar-refractivity contribution in [1.82, 2.24) is 0 Å². The van der Waals surface area contributed by atoms with Crippen LogP contribution in [0.15, 0.2) is 18.2 Å². The molecule has 0 aromatic heterocycles. The molecule has 3 nitrogen and oxygen atoms in total. The van der Waals surface area contributed by atoms with Crippen LogP contribution in [0.3, 0.4) is 0 Å². The third kappa shape index (κ3) is 4.05. The third-order valence-electron chi connectivity index (χ3n) is 1.85. The van der Waals surface area contributed by atoms with Crippen molar-refractivity contribution in [2.45, 2.75) is 6.42 Å². The molecular weight excluding hydrogens is 243 g/mol. The zero-order valence-electron chi connectivity index (χ0n) is 8.04. The predicted octanol–water partition coefficient (Wildman–Crippen LogP) is 1.95. The average Bonchev–Trinajstić information content (AvgIpc) is 2.14. The Labute approximate surface area is 92.2 Å². The highest BCUT2D eigenvalue weighted by Crippen LogP contribution is 2.18. The second-order valence-electron chi connectivity index (χ2n) is 2.96. The van der Waals surface area contributed by atoms with Crippen molar-refractivity contribution in [3.63, 3.8) is 0 Å². The van der Waals surface area contributed by atoms with Crippen LogP contribution < -0.4 is 4.74 Å². The van der Waals surface area contributed by atoms with Gasteiger partial charge in [-0.25, -0.2) is 12.8 Å². The standard InChI is InChI=1S/C9H10ClFO3S/c1-14-9-3-2-7(6-8(9)11)4-5-15(10,12)13/h2-3,6H,4-5H2,1H3. The van der Waals surface area contributed by atoms with E-state index in [4.69, 9.17) is 15.4 Å². The molecule has 0 aliphatic carbocycles. The number of rotatable bonds is 4. The maximum Gasteiger partial charge on any atom is 0.232 e. The fraction of sp³-hybridized carbons (Fsp3) is 0.333. The topological polar surface area (TPSA) is 43.4 Å². The van der Waals surface area contributed by atoms with Crippen LogP contribution in [0, 0.1) is 5.82 Å². The fourth-order valence-electron chi connectivity index (χ4n) is 1.11. The molecule has 0 unspecified atom stereocenters. The Bertz CT molecular complexity index is 445. The van der Waals surface area contributed by atoms with Gasteiger partial charge in [-0.3, -0.25) is 0 Å². The third-order valence-corrected chi connectivity index (χ3v) is 3.01. The molecule has 84 valence electrons. The van der Waals surface area contributed by atoms with Crippen molar-refractivity contribution in [2.75, 3.05) is 12.9 Å². The van der Waals surface area contributed by atoms with Crippen LogP contribution in [0.1, 0.15) is 5.56 Å². The van der Waals surface area contributed by atoms with Gasteiger partial charge in [0.2, 0.25) is 9.05 Å². The minimum atomic E-state index is -3.53. The molecule has 0 spiro atoms. The first-order chi connectivity index (χ1) is 6.92. The first kappa shape index (κ1) is 12.3. The van der Waals surface area contributed by atoms with Gasteiger partial charge in [-0.2, -0.15) is 0 Å². The molecule has 1 rings (SSSR count). The van der Waals surface area contributed by atoms with Crippen molar-refractivity contribution in [3.8, 4) is 5.75 Å². The summed E-state index contributed by atoms with van der Waals surface area (Å²) in [6.07, 6.45) is 0.187. The van der Waals surface area contributed by atoms with Gasteiger partial charge in [0.1, 0.15) is 0 Å². The van der Waals surface area contributed by atoms with E-state index in [9.17, 15) is 12.8 Å². The minimum absolute atomic E-state index is 0.132. The number of methoxy groups -OCH3 is 1. The molecule has 0 amide bonds. The highest BCUT2D eigenvalue weighted by Gasteiger charge is 2.08. The molecule has 15 heavy (non-hydrogen) atoms. The summed E-state index contributed by atoms with van der Waals surface area (Å²) in [7, 11) is 2.87. The van der Waals surface area contributed by atoms with Gasteiger partial charge in [0.05, 0.1) is 12.9 Å². The molecule has 6 heteroatoms. The van der Waals surface area contributed by atoms with Crippen molar-refractivity contribution >= 4 is 19.7 Å². The van der Waals surface area contributed by atoms with Crippen LogP contribution in [0.4, 0.5) is 4.39 Å². The van der Waals surface area contributed by atoms with Gasteiger partial charge < -0.3 is 4.74 Å². The van der Waals surface area contributed by atoms with Crippen LogP contribution in [-0.4, -0.2) is 21.3 Å². The highest BCUT2D eigenvalue weighted by atomic mass is 35.7. The minimum Gasteiger partial charge on any atom is -0.494 e. The van der Waals surface area contributed by atoms with Crippen molar-refractivity contribution in [1.29, 1.82) is 0 Å². The summed E-state index contributed by atoms with van der Waals surface area (Å²) in [5.41, 5.74) is 0.567. The lowest BCUT2D eigenvalue weighted by Gasteiger charge is -2.04. The molecule has 0 N–H and O–H groups in total. The zero-order chi connectivity index (χ0) is 11.5. The first-order valence-electron chi connectivity index (χ1n) is 4.17. The van der Waals surface area contributed by atoms with E-state index in [1.165, 1.54) is 19.2 Å². The van der Waals surface area contributed by atoms with Gasteiger partial charge in [0, 0.05) is 10.7 Å².